The number of carbonyl (C=O) groups is 3. The number of nitrogens with one attached hydrogen (secondary N) is 2. The Kier molecular flexibility index (Phi) is 6.11. The number of carbonyl (C=O) groups excluding carboxylic acids is 3. The van der Waals surface area contributed by atoms with Crippen molar-refractivity contribution < 1.29 is 23.9 Å². The molecular weight excluding hydrogens is 304 g/mol. The molecule has 0 aliphatic carbocycles. The molecule has 2 N–H and O–H groups in total. The monoisotopic (exact) mass is 326 g/mol. The number of amides is 2. The number of hydrogen-bond acceptors (Lipinski definition) is 6. The summed E-state index contributed by atoms with van der Waals surface area (Å²) in [7, 11) is 2.89. The summed E-state index contributed by atoms with van der Waals surface area (Å²) in [5.41, 5.74) is -0.632. The van der Waals surface area contributed by atoms with Gasteiger partial charge in [-0.2, -0.15) is 0 Å². The summed E-state index contributed by atoms with van der Waals surface area (Å²) < 4.78 is 11.0. The van der Waals surface area contributed by atoms with Gasteiger partial charge < -0.3 is 19.4 Å². The molecule has 9 nitrogen and oxygen atoms in total. The van der Waals surface area contributed by atoms with Crippen LogP contribution in [-0.4, -0.2) is 46.8 Å². The summed E-state index contributed by atoms with van der Waals surface area (Å²) in [6.45, 7) is 5.36. The molecule has 0 radical (unpaired) electrons. The van der Waals surface area contributed by atoms with Crippen LogP contribution < -0.4 is 10.6 Å². The number of methoxy groups -OCH3 is 1. The van der Waals surface area contributed by atoms with Gasteiger partial charge in [-0.05, 0) is 20.8 Å². The van der Waals surface area contributed by atoms with E-state index in [0.717, 1.165) is 0 Å². The van der Waals surface area contributed by atoms with Crippen LogP contribution in [0.1, 0.15) is 37.8 Å². The number of hydrogen-bond donors (Lipinski definition) is 2. The molecule has 0 unspecified atom stereocenters. The highest BCUT2D eigenvalue weighted by atomic mass is 16.6. The second-order valence-electron chi connectivity index (χ2n) is 5.77. The number of anilines is 1. The van der Waals surface area contributed by atoms with Gasteiger partial charge in [0.15, 0.2) is 5.82 Å². The molecule has 0 bridgehead atoms. The van der Waals surface area contributed by atoms with Gasteiger partial charge in [-0.3, -0.25) is 14.9 Å². The van der Waals surface area contributed by atoms with E-state index >= 15 is 0 Å². The van der Waals surface area contributed by atoms with E-state index in [1.54, 1.807) is 27.8 Å². The Bertz CT molecular complexity index is 588. The van der Waals surface area contributed by atoms with Gasteiger partial charge >= 0.3 is 12.1 Å². The first-order valence-electron chi connectivity index (χ1n) is 7.01. The van der Waals surface area contributed by atoms with Crippen LogP contribution >= 0.6 is 0 Å². The quantitative estimate of drug-likeness (QED) is 0.783. The van der Waals surface area contributed by atoms with E-state index in [2.05, 4.69) is 20.4 Å². The average molecular weight is 326 g/mol. The van der Waals surface area contributed by atoms with Crippen molar-refractivity contribution in [2.75, 3.05) is 19.0 Å². The minimum atomic E-state index is -0.659. The molecule has 128 valence electrons. The molecule has 0 saturated heterocycles. The predicted octanol–water partition coefficient (Wildman–Crippen LogP) is 1.06. The lowest BCUT2D eigenvalue weighted by molar-refractivity contribution is -0.140. The predicted molar refractivity (Wildman–Crippen MR) is 82.0 cm³/mol. The molecule has 2 amide bonds. The summed E-state index contributed by atoms with van der Waals surface area (Å²) >= 11 is 0. The molecule has 0 aliphatic heterocycles. The minimum Gasteiger partial charge on any atom is -0.469 e. The van der Waals surface area contributed by atoms with Crippen molar-refractivity contribution in [3.05, 3.63) is 12.0 Å². The Morgan fingerprint density at radius 2 is 1.96 bits per heavy atom. The molecule has 0 fully saturated rings. The van der Waals surface area contributed by atoms with Crippen molar-refractivity contribution in [2.45, 2.75) is 32.8 Å². The van der Waals surface area contributed by atoms with Gasteiger partial charge in [0.25, 0.3) is 5.91 Å². The molecule has 0 aliphatic rings. The number of imidazole rings is 1. The van der Waals surface area contributed by atoms with E-state index in [0.29, 0.717) is 0 Å². The Balaban J connectivity index is 2.62. The zero-order chi connectivity index (χ0) is 17.6. The normalized spacial score (nSPS) is 10.8. The summed E-state index contributed by atoms with van der Waals surface area (Å²) in [6.07, 6.45) is 0.891. The average Bonchev–Trinajstić information content (AvgIpc) is 2.76. The van der Waals surface area contributed by atoms with Crippen molar-refractivity contribution in [1.29, 1.82) is 0 Å². The van der Waals surface area contributed by atoms with E-state index in [1.165, 1.54) is 17.9 Å². The van der Waals surface area contributed by atoms with Crippen LogP contribution in [0.15, 0.2) is 6.20 Å². The van der Waals surface area contributed by atoms with Crippen molar-refractivity contribution >= 4 is 23.8 Å². The number of aryl methyl sites for hydroxylation is 1. The molecule has 1 heterocycles. The Labute approximate surface area is 134 Å². The molecular formula is C14H22N4O5. The number of rotatable bonds is 5. The maximum absolute atomic E-state index is 12.0. The molecule has 0 spiro atoms. The first kappa shape index (κ1) is 18.5. The van der Waals surface area contributed by atoms with Gasteiger partial charge in [0, 0.05) is 19.8 Å². The zero-order valence-electron chi connectivity index (χ0n) is 13.9. The molecule has 23 heavy (non-hydrogen) atoms. The number of nitrogens with zero attached hydrogens (tertiary/aromatic N) is 2. The van der Waals surface area contributed by atoms with Crippen molar-refractivity contribution in [3.63, 3.8) is 0 Å². The molecule has 1 aromatic heterocycles. The largest absolute Gasteiger partial charge is 0.469 e. The maximum atomic E-state index is 12.0. The highest BCUT2D eigenvalue weighted by Gasteiger charge is 2.19. The van der Waals surface area contributed by atoms with Crippen LogP contribution in [-0.2, 0) is 21.3 Å². The highest BCUT2D eigenvalue weighted by Crippen LogP contribution is 2.11. The van der Waals surface area contributed by atoms with Crippen molar-refractivity contribution in [2.24, 2.45) is 7.05 Å². The van der Waals surface area contributed by atoms with Gasteiger partial charge in [0.2, 0.25) is 5.82 Å². The molecule has 0 aromatic carbocycles. The molecule has 1 rings (SSSR count). The summed E-state index contributed by atoms with van der Waals surface area (Å²) in [5, 5.41) is 4.99. The van der Waals surface area contributed by atoms with Crippen molar-refractivity contribution in [1.82, 2.24) is 14.9 Å². The Morgan fingerprint density at radius 1 is 1.30 bits per heavy atom. The summed E-state index contributed by atoms with van der Waals surface area (Å²) in [6, 6.07) is 0. The van der Waals surface area contributed by atoms with Gasteiger partial charge in [-0.25, -0.2) is 9.78 Å². The lowest BCUT2D eigenvalue weighted by Crippen LogP contribution is -2.29. The SMILES string of the molecule is COC(=O)CCNC(=O)c1nc(NC(=O)OC(C)(C)C)cn1C. The number of aromatic nitrogens is 2. The lowest BCUT2D eigenvalue weighted by Gasteiger charge is -2.18. The van der Waals surface area contributed by atoms with Crippen LogP contribution in [0.5, 0.6) is 0 Å². The Morgan fingerprint density at radius 3 is 2.52 bits per heavy atom. The van der Waals surface area contributed by atoms with E-state index in [4.69, 9.17) is 4.74 Å². The van der Waals surface area contributed by atoms with Gasteiger partial charge in [-0.15, -0.1) is 0 Å². The lowest BCUT2D eigenvalue weighted by atomic mass is 10.2. The van der Waals surface area contributed by atoms with Gasteiger partial charge in [0.1, 0.15) is 5.60 Å². The van der Waals surface area contributed by atoms with Gasteiger partial charge in [0.05, 0.1) is 13.5 Å². The first-order chi connectivity index (χ1) is 10.6. The molecule has 9 heteroatoms. The zero-order valence-corrected chi connectivity index (χ0v) is 13.9. The first-order valence-corrected chi connectivity index (χ1v) is 7.01. The fraction of sp³-hybridized carbons (Fsp3) is 0.571. The van der Waals surface area contributed by atoms with Crippen LogP contribution in [0, 0.1) is 0 Å². The summed E-state index contributed by atoms with van der Waals surface area (Å²) in [4.78, 5) is 38.6. The molecule has 1 aromatic rings. The minimum absolute atomic E-state index is 0.0652. The van der Waals surface area contributed by atoms with Crippen LogP contribution in [0.3, 0.4) is 0 Å². The maximum Gasteiger partial charge on any atom is 0.413 e. The molecule has 0 atom stereocenters. The van der Waals surface area contributed by atoms with Crippen LogP contribution in [0.4, 0.5) is 10.6 Å². The molecule has 0 saturated carbocycles. The van der Waals surface area contributed by atoms with Gasteiger partial charge in [-0.1, -0.05) is 0 Å². The number of ether oxygens (including phenoxy) is 2. The fourth-order valence-corrected chi connectivity index (χ4v) is 1.60. The highest BCUT2D eigenvalue weighted by molar-refractivity contribution is 5.92. The Hall–Kier alpha value is -2.58. The van der Waals surface area contributed by atoms with E-state index in [-0.39, 0.29) is 24.6 Å². The topological polar surface area (TPSA) is 112 Å². The third kappa shape index (κ3) is 6.37. The third-order valence-corrected chi connectivity index (χ3v) is 2.55. The summed E-state index contributed by atoms with van der Waals surface area (Å²) in [5.74, 6) is -0.591. The fourth-order valence-electron chi connectivity index (χ4n) is 1.60. The third-order valence-electron chi connectivity index (χ3n) is 2.55. The van der Waals surface area contributed by atoms with Crippen LogP contribution in [0.2, 0.25) is 0 Å². The van der Waals surface area contributed by atoms with Crippen molar-refractivity contribution in [3.8, 4) is 0 Å². The standard InChI is InChI=1S/C14H22N4O5/c1-14(2,3)23-13(21)17-9-8-18(4)11(16-9)12(20)15-7-6-10(19)22-5/h8H,6-7H2,1-5H3,(H,15,20)(H,17,21). The smallest absolute Gasteiger partial charge is 0.413 e. The number of esters is 1. The van der Waals surface area contributed by atoms with E-state index < -0.39 is 23.6 Å². The van der Waals surface area contributed by atoms with E-state index in [9.17, 15) is 14.4 Å². The van der Waals surface area contributed by atoms with Crippen LogP contribution in [0.25, 0.3) is 0 Å². The second kappa shape index (κ2) is 7.61. The van der Waals surface area contributed by atoms with E-state index in [1.807, 2.05) is 0 Å². The second-order valence-corrected chi connectivity index (χ2v) is 5.77.